The molecule has 1 unspecified atom stereocenters. The number of rotatable bonds is 3. The van der Waals surface area contributed by atoms with E-state index in [0.717, 1.165) is 43.2 Å². The van der Waals surface area contributed by atoms with Crippen LogP contribution in [-0.2, 0) is 0 Å². The highest BCUT2D eigenvalue weighted by Crippen LogP contribution is 2.34. The third-order valence-corrected chi connectivity index (χ3v) is 3.67. The average molecular weight is 264 g/mol. The normalized spacial score (nSPS) is 22.4. The fraction of sp³-hybridized carbons (Fsp3) is 0.571. The van der Waals surface area contributed by atoms with E-state index >= 15 is 0 Å². The van der Waals surface area contributed by atoms with Crippen LogP contribution in [0.2, 0.25) is 0 Å². The van der Waals surface area contributed by atoms with Gasteiger partial charge in [0.05, 0.1) is 0 Å². The van der Waals surface area contributed by atoms with Crippen molar-refractivity contribution in [1.29, 1.82) is 0 Å². The van der Waals surface area contributed by atoms with Crippen LogP contribution >= 0.6 is 0 Å². The SMILES string of the molecule is OCCC1CNCCN1c1ccc2c(c1)OCCO2. The Labute approximate surface area is 113 Å². The van der Waals surface area contributed by atoms with Gasteiger partial charge in [-0.25, -0.2) is 0 Å². The van der Waals surface area contributed by atoms with Gasteiger partial charge in [-0.15, -0.1) is 0 Å². The Balaban J connectivity index is 1.83. The van der Waals surface area contributed by atoms with Gasteiger partial charge in [-0.2, -0.15) is 0 Å². The largest absolute Gasteiger partial charge is 0.486 e. The minimum Gasteiger partial charge on any atom is -0.486 e. The van der Waals surface area contributed by atoms with Gasteiger partial charge in [-0.1, -0.05) is 0 Å². The molecule has 5 heteroatoms. The van der Waals surface area contributed by atoms with Gasteiger partial charge in [0.15, 0.2) is 11.5 Å². The van der Waals surface area contributed by atoms with Gasteiger partial charge in [-0.3, -0.25) is 0 Å². The van der Waals surface area contributed by atoms with Gasteiger partial charge >= 0.3 is 0 Å². The highest BCUT2D eigenvalue weighted by Gasteiger charge is 2.23. The van der Waals surface area contributed by atoms with Crippen LogP contribution in [0.3, 0.4) is 0 Å². The Morgan fingerprint density at radius 3 is 2.95 bits per heavy atom. The molecule has 1 aromatic carbocycles. The molecule has 5 nitrogen and oxygen atoms in total. The summed E-state index contributed by atoms with van der Waals surface area (Å²) >= 11 is 0. The van der Waals surface area contributed by atoms with E-state index in [1.165, 1.54) is 0 Å². The number of aliphatic hydroxyl groups is 1. The highest BCUT2D eigenvalue weighted by atomic mass is 16.6. The predicted molar refractivity (Wildman–Crippen MR) is 73.1 cm³/mol. The fourth-order valence-corrected chi connectivity index (χ4v) is 2.72. The average Bonchev–Trinajstić information content (AvgIpc) is 2.48. The number of nitrogens with one attached hydrogen (secondary N) is 1. The standard InChI is InChI=1S/C14H20N2O3/c17-6-3-12-10-15-4-5-16(12)11-1-2-13-14(9-11)19-8-7-18-13/h1-2,9,12,15,17H,3-8,10H2. The minimum atomic E-state index is 0.216. The predicted octanol–water partition coefficient (Wildman–Crippen LogP) is 0.618. The maximum Gasteiger partial charge on any atom is 0.163 e. The summed E-state index contributed by atoms with van der Waals surface area (Å²) in [5, 5.41) is 12.5. The molecule has 1 saturated heterocycles. The third kappa shape index (κ3) is 2.62. The van der Waals surface area contributed by atoms with Crippen LogP contribution in [0, 0.1) is 0 Å². The Kier molecular flexibility index (Phi) is 3.75. The minimum absolute atomic E-state index is 0.216. The van der Waals surface area contributed by atoms with Crippen LogP contribution in [0.1, 0.15) is 6.42 Å². The lowest BCUT2D eigenvalue weighted by Gasteiger charge is -2.38. The van der Waals surface area contributed by atoms with Crippen molar-refractivity contribution in [2.24, 2.45) is 0 Å². The number of aliphatic hydroxyl groups excluding tert-OH is 1. The molecule has 1 atom stereocenters. The molecule has 0 aliphatic carbocycles. The summed E-state index contributed by atoms with van der Waals surface area (Å²) in [4.78, 5) is 2.34. The lowest BCUT2D eigenvalue weighted by molar-refractivity contribution is 0.171. The summed E-state index contributed by atoms with van der Waals surface area (Å²) in [6.45, 7) is 4.27. The van der Waals surface area contributed by atoms with Crippen LogP contribution in [0.25, 0.3) is 0 Å². The molecule has 0 amide bonds. The fourth-order valence-electron chi connectivity index (χ4n) is 2.72. The molecule has 0 radical (unpaired) electrons. The topological polar surface area (TPSA) is 54.0 Å². The number of anilines is 1. The molecule has 2 aliphatic rings. The van der Waals surface area contributed by atoms with Crippen LogP contribution < -0.4 is 19.7 Å². The van der Waals surface area contributed by atoms with Crippen molar-refractivity contribution in [2.75, 3.05) is 44.4 Å². The second kappa shape index (κ2) is 5.67. The van der Waals surface area contributed by atoms with E-state index in [-0.39, 0.29) is 6.61 Å². The number of hydrogen-bond acceptors (Lipinski definition) is 5. The molecular formula is C14H20N2O3. The monoisotopic (exact) mass is 264 g/mol. The maximum absolute atomic E-state index is 9.18. The van der Waals surface area contributed by atoms with Crippen molar-refractivity contribution >= 4 is 5.69 Å². The van der Waals surface area contributed by atoms with Crippen molar-refractivity contribution in [1.82, 2.24) is 5.32 Å². The Bertz CT molecular complexity index is 437. The van der Waals surface area contributed by atoms with Crippen molar-refractivity contribution in [3.05, 3.63) is 18.2 Å². The summed E-state index contributed by atoms with van der Waals surface area (Å²) in [5.41, 5.74) is 1.14. The van der Waals surface area contributed by atoms with E-state index in [4.69, 9.17) is 9.47 Å². The molecule has 1 fully saturated rings. The van der Waals surface area contributed by atoms with Gasteiger partial charge in [0, 0.05) is 44.0 Å². The molecule has 0 bridgehead atoms. The van der Waals surface area contributed by atoms with Gasteiger partial charge < -0.3 is 24.8 Å². The number of piperazine rings is 1. The van der Waals surface area contributed by atoms with E-state index in [9.17, 15) is 5.11 Å². The molecule has 19 heavy (non-hydrogen) atoms. The van der Waals surface area contributed by atoms with Crippen LogP contribution in [0.4, 0.5) is 5.69 Å². The first kappa shape index (κ1) is 12.6. The van der Waals surface area contributed by atoms with Crippen LogP contribution in [0.15, 0.2) is 18.2 Å². The molecule has 104 valence electrons. The second-order valence-corrected chi connectivity index (χ2v) is 4.89. The molecule has 2 aliphatic heterocycles. The van der Waals surface area contributed by atoms with E-state index in [0.29, 0.717) is 19.3 Å². The summed E-state index contributed by atoms with van der Waals surface area (Å²) in [6.07, 6.45) is 0.779. The summed E-state index contributed by atoms with van der Waals surface area (Å²) in [7, 11) is 0. The third-order valence-electron chi connectivity index (χ3n) is 3.67. The van der Waals surface area contributed by atoms with Crippen molar-refractivity contribution in [3.63, 3.8) is 0 Å². The van der Waals surface area contributed by atoms with Gasteiger partial charge in [0.2, 0.25) is 0 Å². The lowest BCUT2D eigenvalue weighted by atomic mass is 10.1. The first-order valence-corrected chi connectivity index (χ1v) is 6.86. The quantitative estimate of drug-likeness (QED) is 0.838. The smallest absolute Gasteiger partial charge is 0.163 e. The molecule has 0 aromatic heterocycles. The molecule has 3 rings (SSSR count). The number of fused-ring (bicyclic) bond motifs is 1. The molecule has 1 aromatic rings. The Hall–Kier alpha value is -1.46. The van der Waals surface area contributed by atoms with E-state index in [1.54, 1.807) is 0 Å². The molecule has 2 N–H and O–H groups in total. The summed E-state index contributed by atoms with van der Waals surface area (Å²) in [5.74, 6) is 1.65. The molecular weight excluding hydrogens is 244 g/mol. The van der Waals surface area contributed by atoms with Crippen LogP contribution in [0.5, 0.6) is 11.5 Å². The maximum atomic E-state index is 9.18. The first-order valence-electron chi connectivity index (χ1n) is 6.86. The molecule has 0 saturated carbocycles. The number of ether oxygens (including phenoxy) is 2. The summed E-state index contributed by atoms with van der Waals surface area (Å²) in [6, 6.07) is 6.43. The van der Waals surface area contributed by atoms with Crippen molar-refractivity contribution in [2.45, 2.75) is 12.5 Å². The summed E-state index contributed by atoms with van der Waals surface area (Å²) < 4.78 is 11.2. The molecule has 0 spiro atoms. The lowest BCUT2D eigenvalue weighted by Crippen LogP contribution is -2.51. The Morgan fingerprint density at radius 1 is 1.26 bits per heavy atom. The number of nitrogens with zero attached hydrogens (tertiary/aromatic N) is 1. The highest BCUT2D eigenvalue weighted by molar-refractivity contribution is 5.57. The second-order valence-electron chi connectivity index (χ2n) is 4.89. The van der Waals surface area contributed by atoms with Crippen LogP contribution in [-0.4, -0.2) is 50.6 Å². The molecule has 2 heterocycles. The van der Waals surface area contributed by atoms with Gasteiger partial charge in [0.25, 0.3) is 0 Å². The van der Waals surface area contributed by atoms with Crippen molar-refractivity contribution < 1.29 is 14.6 Å². The first-order chi connectivity index (χ1) is 9.38. The number of hydrogen-bond donors (Lipinski definition) is 2. The van der Waals surface area contributed by atoms with Gasteiger partial charge in [0.1, 0.15) is 13.2 Å². The van der Waals surface area contributed by atoms with E-state index < -0.39 is 0 Å². The zero-order valence-corrected chi connectivity index (χ0v) is 11.0. The zero-order chi connectivity index (χ0) is 13.1. The Morgan fingerprint density at radius 2 is 2.11 bits per heavy atom. The zero-order valence-electron chi connectivity index (χ0n) is 11.0. The van der Waals surface area contributed by atoms with Gasteiger partial charge in [-0.05, 0) is 18.6 Å². The van der Waals surface area contributed by atoms with E-state index in [2.05, 4.69) is 16.3 Å². The van der Waals surface area contributed by atoms with Crippen molar-refractivity contribution in [3.8, 4) is 11.5 Å². The van der Waals surface area contributed by atoms with E-state index in [1.807, 2.05) is 12.1 Å². The number of benzene rings is 1.